The van der Waals surface area contributed by atoms with Crippen LogP contribution in [0.4, 0.5) is 5.69 Å². The van der Waals surface area contributed by atoms with Crippen molar-refractivity contribution in [1.29, 1.82) is 0 Å². The summed E-state index contributed by atoms with van der Waals surface area (Å²) in [7, 11) is 2.14. The molecule has 0 spiro atoms. The minimum absolute atomic E-state index is 0. The fourth-order valence-corrected chi connectivity index (χ4v) is 15.9. The molecule has 9 heterocycles. The summed E-state index contributed by atoms with van der Waals surface area (Å²) < 4.78 is 5.78. The van der Waals surface area contributed by atoms with E-state index in [1.807, 2.05) is 71.6 Å². The first-order valence-electron chi connectivity index (χ1n) is 36.2. The average Bonchev–Trinajstić information content (AvgIpc) is 0.957. The minimum atomic E-state index is -0.990. The molecule has 2 saturated carbocycles. The molecule has 7 aromatic heterocycles. The van der Waals surface area contributed by atoms with Crippen LogP contribution in [0.25, 0.3) is 23.0 Å². The molecule has 3 radical (unpaired) electrons. The van der Waals surface area contributed by atoms with Gasteiger partial charge in [0.2, 0.25) is 0 Å². The number of pyridine rings is 4. The Balaban J connectivity index is 0.000000207. The van der Waals surface area contributed by atoms with Gasteiger partial charge in [0.05, 0.1) is 23.3 Å². The summed E-state index contributed by atoms with van der Waals surface area (Å²) in [6, 6.07) is 53.0. The topological polar surface area (TPSA) is 158 Å². The van der Waals surface area contributed by atoms with Gasteiger partial charge in [0.1, 0.15) is 5.69 Å². The van der Waals surface area contributed by atoms with Gasteiger partial charge in [-0.3, -0.25) is 15.0 Å². The first-order chi connectivity index (χ1) is 48.1. The van der Waals surface area contributed by atoms with Crippen LogP contribution >= 0.6 is 11.8 Å². The predicted octanol–water partition coefficient (Wildman–Crippen LogP) is 18.6. The van der Waals surface area contributed by atoms with Crippen LogP contribution < -0.4 is 4.90 Å². The van der Waals surface area contributed by atoms with E-state index in [0.717, 1.165) is 66.2 Å². The van der Waals surface area contributed by atoms with Crippen molar-refractivity contribution in [1.82, 2.24) is 53.8 Å². The number of anilines is 1. The van der Waals surface area contributed by atoms with Crippen LogP contribution in [0.2, 0.25) is 0 Å². The number of carboxylic acid groups (broad SMARTS) is 1. The molecule has 563 valence electrons. The van der Waals surface area contributed by atoms with Gasteiger partial charge in [0.25, 0.3) is 0 Å². The summed E-state index contributed by atoms with van der Waals surface area (Å²) in [4.78, 5) is 43.2. The Labute approximate surface area is 676 Å². The molecule has 19 heteroatoms. The Kier molecular flexibility index (Phi) is 34.0. The third kappa shape index (κ3) is 24.7. The summed E-state index contributed by atoms with van der Waals surface area (Å²) in [6.07, 6.45) is 40.5. The van der Waals surface area contributed by atoms with Crippen molar-refractivity contribution in [3.8, 4) is 23.0 Å². The number of hydrogen-bond donors (Lipinski definition) is 1. The van der Waals surface area contributed by atoms with Gasteiger partial charge in [-0.15, -0.1) is 35.9 Å². The Morgan fingerprint density at radius 3 is 1.82 bits per heavy atom. The maximum absolute atomic E-state index is 10.1. The van der Waals surface area contributed by atoms with E-state index in [0.29, 0.717) is 21.7 Å². The molecule has 104 heavy (non-hydrogen) atoms. The molecule has 10 aromatic rings. The number of hydrogen-bond acceptors (Lipinski definition) is 11. The molecule has 0 atom stereocenters. The zero-order chi connectivity index (χ0) is 70.6. The van der Waals surface area contributed by atoms with Crippen molar-refractivity contribution in [3.05, 3.63) is 247 Å². The van der Waals surface area contributed by atoms with E-state index in [1.165, 1.54) is 155 Å². The Bertz CT molecular complexity index is 4100. The van der Waals surface area contributed by atoms with E-state index in [1.54, 1.807) is 23.0 Å². The first-order valence-corrected chi connectivity index (χ1v) is 37.4. The van der Waals surface area contributed by atoms with Gasteiger partial charge in [-0.05, 0) is 169 Å². The molecular formula is C85H104CoIr2N12O2PtS-4. The quantitative estimate of drug-likeness (QED) is 0.0914. The SMILES string of the molecule is CC1(Cc2ccc(-n3[c-]nc(C(C)(C)C)n3)nc2)CCSCC1.CC1(Cc2ccnc(C(C)(C)c3[c-]cccc3)c2)CCCCC1.CC1(Cc2cn(-c3ccccn3)[c-]n2)CCN(c2ccccc2)CC1.CCC1(Cc2cnc(-c3[c-]cccc3)n2C)CCCC1.O=C(O)c1ccccn1.[Co].[Ir].[Ir].[Pt]. The van der Waals surface area contributed by atoms with E-state index in [4.69, 9.17) is 5.11 Å². The van der Waals surface area contributed by atoms with E-state index >= 15 is 0 Å². The largest absolute Gasteiger partial charge is 0.477 e. The number of thioether (sulfide) groups is 1. The molecule has 0 bridgehead atoms. The third-order valence-electron chi connectivity index (χ3n) is 21.1. The van der Waals surface area contributed by atoms with Gasteiger partial charge in [-0.2, -0.15) is 47.7 Å². The predicted molar refractivity (Wildman–Crippen MR) is 405 cm³/mol. The van der Waals surface area contributed by atoms with Crippen molar-refractivity contribution in [2.45, 2.75) is 189 Å². The Morgan fingerprint density at radius 1 is 0.596 bits per heavy atom. The third-order valence-corrected chi connectivity index (χ3v) is 22.1. The first kappa shape index (κ1) is 86.8. The monoisotopic (exact) mass is 2000 g/mol. The van der Waals surface area contributed by atoms with Crippen molar-refractivity contribution in [2.75, 3.05) is 29.5 Å². The number of benzene rings is 3. The van der Waals surface area contributed by atoms with Gasteiger partial charge in [-0.1, -0.05) is 161 Å². The summed E-state index contributed by atoms with van der Waals surface area (Å²) in [6.45, 7) is 22.6. The maximum Gasteiger partial charge on any atom is 0.354 e. The second-order valence-corrected chi connectivity index (χ2v) is 31.9. The van der Waals surface area contributed by atoms with Gasteiger partial charge in [0.15, 0.2) is 0 Å². The van der Waals surface area contributed by atoms with Crippen LogP contribution in [0.5, 0.6) is 0 Å². The van der Waals surface area contributed by atoms with Gasteiger partial charge < -0.3 is 38.8 Å². The molecule has 0 unspecified atom stereocenters. The fourth-order valence-electron chi connectivity index (χ4n) is 14.4. The Hall–Kier alpha value is -6.07. The smallest absolute Gasteiger partial charge is 0.354 e. The molecule has 4 aliphatic rings. The molecule has 2 saturated heterocycles. The van der Waals surface area contributed by atoms with E-state index in [2.05, 4.69) is 234 Å². The number of para-hydroxylation sites is 1. The van der Waals surface area contributed by atoms with Crippen molar-refractivity contribution >= 4 is 23.4 Å². The average molecular weight is 2000 g/mol. The van der Waals surface area contributed by atoms with Crippen molar-refractivity contribution in [2.24, 2.45) is 28.7 Å². The number of nitrogens with zero attached hydrogens (tertiary/aromatic N) is 12. The van der Waals surface area contributed by atoms with Gasteiger partial charge in [0, 0.05) is 164 Å². The molecule has 4 fully saturated rings. The number of rotatable bonds is 16. The van der Waals surface area contributed by atoms with Crippen molar-refractivity contribution < 1.29 is 88.0 Å². The second-order valence-electron chi connectivity index (χ2n) is 30.7. The zero-order valence-corrected chi connectivity index (χ0v) is 71.2. The van der Waals surface area contributed by atoms with Crippen LogP contribution in [-0.4, -0.2) is 89.5 Å². The van der Waals surface area contributed by atoms with Gasteiger partial charge >= 0.3 is 5.97 Å². The fraction of sp³-hybridized carbons (Fsp3) is 0.447. The molecular weight excluding hydrogens is 1890 g/mol. The Morgan fingerprint density at radius 2 is 1.23 bits per heavy atom. The second kappa shape index (κ2) is 40.8. The zero-order valence-electron chi connectivity index (χ0n) is 62.2. The van der Waals surface area contributed by atoms with Crippen LogP contribution in [0, 0.1) is 46.4 Å². The van der Waals surface area contributed by atoms with Gasteiger partial charge in [-0.25, -0.2) is 14.9 Å². The van der Waals surface area contributed by atoms with Crippen LogP contribution in [0.15, 0.2) is 177 Å². The van der Waals surface area contributed by atoms with Crippen molar-refractivity contribution in [3.63, 3.8) is 0 Å². The molecule has 14 rings (SSSR count). The maximum atomic E-state index is 10.1. The van der Waals surface area contributed by atoms with Crippen LogP contribution in [-0.2, 0) is 122 Å². The minimum Gasteiger partial charge on any atom is -0.477 e. The molecule has 3 aromatic carbocycles. The van der Waals surface area contributed by atoms with E-state index in [-0.39, 0.29) is 94.6 Å². The standard InChI is InChI=1S/C22H28N.C21H23N4.C18H25N4S.C18H23N2.C6H5NO2.Co.2Ir.Pt/c1-21(2,19-10-6-4-7-11-19)20-16-18(12-15-23-20)17-22(3)13-8-5-9-14-22;1-21(10-13-24(14-11-21)19-7-3-2-4-8-19)15-18-16-25(17-23-18)20-9-5-6-12-22-20;1-17(2,3)16-20-13-22(21-16)15-6-5-14(12-19-15)11-18(4)7-9-23-10-8-18;1-3-18(11-7-8-12-18)13-16-14-19-17(20(16)2)15-9-5-4-6-10-15;8-6(9)5-3-1-2-4-7-5;;;;/h4,6-7,10,12,15-16H,5,8-9,13-14,17H2,1-3H3;2-9,12,16H,10-11,13-15H2,1H3;5-6,12H,7-11H2,1-4H3;4-6,9,14H,3,7-8,11-13H2,1-2H3;1-4H,(H,8,9);;;;/q4*-1;;;;;. The summed E-state index contributed by atoms with van der Waals surface area (Å²) in [5, 5.41) is 12.8. The number of aromatic carboxylic acids is 1. The number of imidazole rings is 2. The molecule has 14 nitrogen and oxygen atoms in total. The number of carbonyl (C=O) groups is 1. The molecule has 1 N–H and O–H groups in total. The molecule has 2 aliphatic carbocycles. The summed E-state index contributed by atoms with van der Waals surface area (Å²) >= 11 is 2.07. The summed E-state index contributed by atoms with van der Waals surface area (Å²) in [5.41, 5.74) is 11.6. The summed E-state index contributed by atoms with van der Waals surface area (Å²) in [5.74, 6) is 5.04. The van der Waals surface area contributed by atoms with E-state index < -0.39 is 5.97 Å². The number of aromatic nitrogens is 11. The van der Waals surface area contributed by atoms with Crippen LogP contribution in [0.1, 0.15) is 202 Å². The van der Waals surface area contributed by atoms with Crippen LogP contribution in [0.3, 0.4) is 0 Å². The number of carboxylic acids is 1. The molecule has 2 aliphatic heterocycles. The normalized spacial score (nSPS) is 16.1. The molecule has 0 amide bonds. The van der Waals surface area contributed by atoms with E-state index in [9.17, 15) is 4.79 Å². The number of piperidine rings is 1.